The molecule has 3 aliphatic rings. The van der Waals surface area contributed by atoms with E-state index in [1.807, 2.05) is 0 Å². The molecule has 8 nitrogen and oxygen atoms in total. The normalized spacial score (nSPS) is 31.6. The summed E-state index contributed by atoms with van der Waals surface area (Å²) in [6.45, 7) is 6.33. The van der Waals surface area contributed by atoms with Gasteiger partial charge in [0.15, 0.2) is 34.7 Å². The van der Waals surface area contributed by atoms with Crippen LogP contribution in [0.2, 0.25) is 0 Å². The highest BCUT2D eigenvalue weighted by Crippen LogP contribution is 2.50. The van der Waals surface area contributed by atoms with E-state index < -0.39 is 58.3 Å². The maximum Gasteiger partial charge on any atom is 0.235 e. The second-order valence-corrected chi connectivity index (χ2v) is 10.9. The number of aryl methyl sites for hydroxylation is 1. The smallest absolute Gasteiger partial charge is 0.235 e. The molecule has 8 heteroatoms. The van der Waals surface area contributed by atoms with Crippen molar-refractivity contribution in [3.05, 3.63) is 28.8 Å². The van der Waals surface area contributed by atoms with Crippen molar-refractivity contribution >= 4 is 29.0 Å². The number of Topliss-reactive ketones (excluding diaryl/α,β-unsaturated/α-hetero) is 4. The maximum absolute atomic E-state index is 13.5. The third kappa shape index (κ3) is 3.51. The Morgan fingerprint density at radius 2 is 1.79 bits per heavy atom. The molecule has 0 saturated heterocycles. The van der Waals surface area contributed by atoms with E-state index in [2.05, 4.69) is 20.8 Å². The van der Waals surface area contributed by atoms with Crippen molar-refractivity contribution in [1.82, 2.24) is 0 Å². The molecule has 4 N–H and O–H groups in total. The lowest BCUT2D eigenvalue weighted by Gasteiger charge is -2.48. The Morgan fingerprint density at radius 3 is 2.39 bits per heavy atom. The van der Waals surface area contributed by atoms with Crippen LogP contribution in [-0.4, -0.2) is 44.9 Å². The van der Waals surface area contributed by atoms with Gasteiger partial charge in [0.2, 0.25) is 5.91 Å². The SMILES string of the molecule is CC(C)(C)CCc1ccc(O)c2c1C[C@H]1C[C@H]3CC(=O)C(C(N)=O)C(=O)[C@@]3(O)C(=O)C1C2=O. The molecule has 0 aromatic heterocycles. The monoisotopic (exact) mass is 455 g/mol. The Labute approximate surface area is 191 Å². The number of aromatic hydroxyl groups is 1. The number of ketones is 4. The van der Waals surface area contributed by atoms with Gasteiger partial charge in [0.25, 0.3) is 0 Å². The Kier molecular flexibility index (Phi) is 5.35. The van der Waals surface area contributed by atoms with Gasteiger partial charge in [-0.05, 0) is 54.2 Å². The lowest BCUT2D eigenvalue weighted by Crippen LogP contribution is -2.68. The summed E-state index contributed by atoms with van der Waals surface area (Å²) in [5.41, 5.74) is 4.30. The van der Waals surface area contributed by atoms with Gasteiger partial charge < -0.3 is 15.9 Å². The summed E-state index contributed by atoms with van der Waals surface area (Å²) >= 11 is 0. The molecule has 2 fully saturated rings. The molecule has 3 aliphatic carbocycles. The van der Waals surface area contributed by atoms with Crippen LogP contribution in [-0.2, 0) is 32.0 Å². The minimum atomic E-state index is -2.61. The number of hydrogen-bond acceptors (Lipinski definition) is 7. The fourth-order valence-electron chi connectivity index (χ4n) is 5.78. The number of nitrogens with two attached hydrogens (primary N) is 1. The summed E-state index contributed by atoms with van der Waals surface area (Å²) in [6, 6.07) is 3.23. The second-order valence-electron chi connectivity index (χ2n) is 10.9. The number of rotatable bonds is 3. The second kappa shape index (κ2) is 7.58. The number of phenolic OH excluding ortho intramolecular Hbond substituents is 1. The fourth-order valence-corrected chi connectivity index (χ4v) is 5.78. The van der Waals surface area contributed by atoms with Crippen molar-refractivity contribution in [2.24, 2.45) is 34.8 Å². The number of benzene rings is 1. The van der Waals surface area contributed by atoms with E-state index in [9.17, 15) is 34.2 Å². The van der Waals surface area contributed by atoms with E-state index in [1.54, 1.807) is 6.07 Å². The molecule has 2 unspecified atom stereocenters. The van der Waals surface area contributed by atoms with Gasteiger partial charge in [0.05, 0.1) is 11.5 Å². The van der Waals surface area contributed by atoms with Crippen LogP contribution in [0, 0.1) is 29.1 Å². The van der Waals surface area contributed by atoms with Gasteiger partial charge in [-0.2, -0.15) is 0 Å². The van der Waals surface area contributed by atoms with Gasteiger partial charge in [-0.3, -0.25) is 24.0 Å². The standard InChI is InChI=1S/C25H29NO7/c1-24(2,3)7-6-11-4-5-15(27)18-14(11)9-12-8-13-10-16(28)19(23(26)32)22(31)25(13,33)21(30)17(12)20(18)29/h4-5,12-13,17,19,27,33H,6-10H2,1-3H3,(H2,26,32)/t12-,13+,17?,19?,25+/m1/s1. The Morgan fingerprint density at radius 1 is 1.12 bits per heavy atom. The van der Waals surface area contributed by atoms with Crippen LogP contribution < -0.4 is 5.73 Å². The maximum atomic E-state index is 13.5. The quantitative estimate of drug-likeness (QED) is 0.581. The molecule has 0 spiro atoms. The van der Waals surface area contributed by atoms with Crippen LogP contribution in [0.3, 0.4) is 0 Å². The molecule has 176 valence electrons. The van der Waals surface area contributed by atoms with Crippen molar-refractivity contribution in [3.8, 4) is 5.75 Å². The molecule has 0 aliphatic heterocycles. The Balaban J connectivity index is 1.76. The van der Waals surface area contributed by atoms with Crippen molar-refractivity contribution in [1.29, 1.82) is 0 Å². The Bertz CT molecular complexity index is 1100. The van der Waals surface area contributed by atoms with Crippen molar-refractivity contribution in [2.75, 3.05) is 0 Å². The van der Waals surface area contributed by atoms with Crippen LogP contribution in [0.4, 0.5) is 0 Å². The summed E-state index contributed by atoms with van der Waals surface area (Å²) in [5, 5.41) is 21.7. The minimum Gasteiger partial charge on any atom is -0.507 e. The van der Waals surface area contributed by atoms with E-state index in [4.69, 9.17) is 5.73 Å². The van der Waals surface area contributed by atoms with Gasteiger partial charge in [-0.1, -0.05) is 26.8 Å². The third-order valence-corrected chi connectivity index (χ3v) is 7.53. The summed E-state index contributed by atoms with van der Waals surface area (Å²) in [6.07, 6.45) is 1.64. The molecule has 33 heavy (non-hydrogen) atoms. The molecule has 0 radical (unpaired) electrons. The van der Waals surface area contributed by atoms with Gasteiger partial charge in [0.1, 0.15) is 5.75 Å². The third-order valence-electron chi connectivity index (χ3n) is 7.53. The molecule has 5 atom stereocenters. The van der Waals surface area contributed by atoms with Crippen LogP contribution >= 0.6 is 0 Å². The van der Waals surface area contributed by atoms with E-state index >= 15 is 0 Å². The first-order chi connectivity index (χ1) is 15.3. The highest BCUT2D eigenvalue weighted by atomic mass is 16.3. The van der Waals surface area contributed by atoms with Crippen LogP contribution in [0.5, 0.6) is 5.75 Å². The number of amides is 1. The van der Waals surface area contributed by atoms with Crippen molar-refractivity contribution in [3.63, 3.8) is 0 Å². The van der Waals surface area contributed by atoms with E-state index in [-0.39, 0.29) is 29.6 Å². The molecule has 1 amide bonds. The van der Waals surface area contributed by atoms with Crippen LogP contribution in [0.25, 0.3) is 0 Å². The summed E-state index contributed by atoms with van der Waals surface area (Å²) in [7, 11) is 0. The van der Waals surface area contributed by atoms with E-state index in [1.165, 1.54) is 6.07 Å². The van der Waals surface area contributed by atoms with Crippen LogP contribution in [0.15, 0.2) is 12.1 Å². The van der Waals surface area contributed by atoms with Crippen molar-refractivity contribution < 1.29 is 34.2 Å². The zero-order valence-electron chi connectivity index (χ0n) is 19.0. The molecular formula is C25H29NO7. The first-order valence-electron chi connectivity index (χ1n) is 11.3. The molecule has 2 saturated carbocycles. The molecule has 1 aromatic carbocycles. The largest absolute Gasteiger partial charge is 0.507 e. The number of hydrogen-bond donors (Lipinski definition) is 3. The van der Waals surface area contributed by atoms with E-state index in [0.29, 0.717) is 18.4 Å². The van der Waals surface area contributed by atoms with Crippen molar-refractivity contribution in [2.45, 2.75) is 58.5 Å². The van der Waals surface area contributed by atoms with Gasteiger partial charge in [0, 0.05) is 12.3 Å². The topological polar surface area (TPSA) is 152 Å². The average molecular weight is 456 g/mol. The van der Waals surface area contributed by atoms with E-state index in [0.717, 1.165) is 12.0 Å². The molecule has 1 aromatic rings. The Hall–Kier alpha value is -2.87. The number of fused-ring (bicyclic) bond motifs is 3. The molecule has 0 heterocycles. The predicted molar refractivity (Wildman–Crippen MR) is 116 cm³/mol. The average Bonchev–Trinajstić information content (AvgIpc) is 2.69. The number of aliphatic hydroxyl groups is 1. The van der Waals surface area contributed by atoms with Gasteiger partial charge in [-0.25, -0.2) is 0 Å². The fraction of sp³-hybridized carbons (Fsp3) is 0.560. The lowest BCUT2D eigenvalue weighted by atomic mass is 9.53. The number of phenols is 1. The summed E-state index contributed by atoms with van der Waals surface area (Å²) < 4.78 is 0. The summed E-state index contributed by atoms with van der Waals surface area (Å²) in [5.74, 6) is -9.76. The lowest BCUT2D eigenvalue weighted by molar-refractivity contribution is -0.175. The first kappa shape index (κ1) is 23.3. The predicted octanol–water partition coefficient (Wildman–Crippen LogP) is 1.31. The highest BCUT2D eigenvalue weighted by molar-refractivity contribution is 6.31. The van der Waals surface area contributed by atoms with Crippen LogP contribution in [0.1, 0.15) is 61.5 Å². The first-order valence-corrected chi connectivity index (χ1v) is 11.3. The number of primary amides is 1. The van der Waals surface area contributed by atoms with Gasteiger partial charge >= 0.3 is 0 Å². The minimum absolute atomic E-state index is 0.0586. The molecule has 4 rings (SSSR count). The molecular weight excluding hydrogens is 426 g/mol. The summed E-state index contributed by atoms with van der Waals surface area (Å²) in [4.78, 5) is 63.9. The van der Waals surface area contributed by atoms with Gasteiger partial charge in [-0.15, -0.1) is 0 Å². The zero-order valence-corrected chi connectivity index (χ0v) is 19.0. The number of carbonyl (C=O) groups is 5. The zero-order chi connectivity index (χ0) is 24.5. The number of carbonyl (C=O) groups excluding carboxylic acids is 5. The molecule has 0 bridgehead atoms. The highest BCUT2D eigenvalue weighted by Gasteiger charge is 2.66.